The van der Waals surface area contributed by atoms with Crippen LogP contribution in [-0.2, 0) is 14.3 Å². The third-order valence-corrected chi connectivity index (χ3v) is 3.05. The van der Waals surface area contributed by atoms with Crippen LogP contribution in [0.15, 0.2) is 18.2 Å². The molecule has 1 unspecified atom stereocenters. The number of esters is 2. The first-order chi connectivity index (χ1) is 9.41. The van der Waals surface area contributed by atoms with Crippen molar-refractivity contribution >= 4 is 23.9 Å². The molecular formula is C13H10O7. The van der Waals surface area contributed by atoms with E-state index in [2.05, 4.69) is 4.74 Å². The molecule has 0 aromatic heterocycles. The van der Waals surface area contributed by atoms with E-state index in [1.807, 2.05) is 0 Å². The summed E-state index contributed by atoms with van der Waals surface area (Å²) in [5.74, 6) is -5.31. The molecule has 0 radical (unpaired) electrons. The highest BCUT2D eigenvalue weighted by atomic mass is 16.6. The van der Waals surface area contributed by atoms with Crippen LogP contribution in [0.1, 0.15) is 45.0 Å². The molecule has 0 saturated carbocycles. The van der Waals surface area contributed by atoms with Gasteiger partial charge in [0.2, 0.25) is 0 Å². The summed E-state index contributed by atoms with van der Waals surface area (Å²) in [5.41, 5.74) is -0.800. The van der Waals surface area contributed by atoms with Crippen molar-refractivity contribution in [3.05, 3.63) is 34.9 Å². The molecule has 7 heteroatoms. The molecule has 7 nitrogen and oxygen atoms in total. The minimum Gasteiger partial charge on any atom is -0.478 e. The first-order valence-corrected chi connectivity index (χ1v) is 5.76. The number of aromatic carboxylic acids is 2. The average Bonchev–Trinajstić information content (AvgIpc) is 2.37. The van der Waals surface area contributed by atoms with Gasteiger partial charge in [0, 0.05) is 6.42 Å². The quantitative estimate of drug-likeness (QED) is 0.626. The van der Waals surface area contributed by atoms with Crippen molar-refractivity contribution in [3.8, 4) is 0 Å². The summed E-state index contributed by atoms with van der Waals surface area (Å²) in [6, 6.07) is 3.86. The zero-order chi connectivity index (χ0) is 14.9. The fourth-order valence-electron chi connectivity index (χ4n) is 2.17. The standard InChI is InChI=1S/C13H10O7/c14-9-5-4-7(13(19)20-9)6-2-1-3-8(11(15)16)10(6)12(17)18/h1-3,7H,4-5H2,(H,15,16)(H,17,18). The summed E-state index contributed by atoms with van der Waals surface area (Å²) < 4.78 is 4.47. The molecule has 1 atom stereocenters. The Balaban J connectivity index is 2.54. The fraction of sp³-hybridized carbons (Fsp3) is 0.231. The summed E-state index contributed by atoms with van der Waals surface area (Å²) in [4.78, 5) is 45.0. The van der Waals surface area contributed by atoms with Crippen LogP contribution in [0, 0.1) is 0 Å². The summed E-state index contributed by atoms with van der Waals surface area (Å²) in [7, 11) is 0. The van der Waals surface area contributed by atoms with Gasteiger partial charge in [-0.25, -0.2) is 9.59 Å². The second-order valence-corrected chi connectivity index (χ2v) is 4.26. The smallest absolute Gasteiger partial charge is 0.336 e. The Kier molecular flexibility index (Phi) is 3.51. The normalized spacial score (nSPS) is 18.5. The molecule has 1 aromatic rings. The second kappa shape index (κ2) is 5.12. The largest absolute Gasteiger partial charge is 0.478 e. The third kappa shape index (κ3) is 2.37. The maximum Gasteiger partial charge on any atom is 0.336 e. The molecule has 1 saturated heterocycles. The minimum atomic E-state index is -1.44. The molecule has 2 N–H and O–H groups in total. The molecule has 1 aliphatic heterocycles. The maximum atomic E-state index is 11.7. The summed E-state index contributed by atoms with van der Waals surface area (Å²) in [6.07, 6.45) is 0.0772. The number of cyclic esters (lactones) is 2. The lowest BCUT2D eigenvalue weighted by molar-refractivity contribution is -0.164. The van der Waals surface area contributed by atoms with E-state index in [1.165, 1.54) is 12.1 Å². The number of benzene rings is 1. The van der Waals surface area contributed by atoms with E-state index in [4.69, 9.17) is 5.11 Å². The Morgan fingerprint density at radius 2 is 1.85 bits per heavy atom. The molecule has 0 aliphatic carbocycles. The number of ether oxygens (including phenoxy) is 1. The Morgan fingerprint density at radius 1 is 1.15 bits per heavy atom. The number of carbonyl (C=O) groups excluding carboxylic acids is 2. The minimum absolute atomic E-state index is 0.0211. The Labute approximate surface area is 112 Å². The van der Waals surface area contributed by atoms with E-state index in [-0.39, 0.29) is 18.4 Å². The highest BCUT2D eigenvalue weighted by Gasteiger charge is 2.34. The lowest BCUT2D eigenvalue weighted by Gasteiger charge is -2.21. The van der Waals surface area contributed by atoms with Crippen molar-refractivity contribution < 1.29 is 34.1 Å². The van der Waals surface area contributed by atoms with Gasteiger partial charge >= 0.3 is 23.9 Å². The topological polar surface area (TPSA) is 118 Å². The van der Waals surface area contributed by atoms with E-state index >= 15 is 0 Å². The van der Waals surface area contributed by atoms with Gasteiger partial charge in [-0.3, -0.25) is 9.59 Å². The van der Waals surface area contributed by atoms with Gasteiger partial charge in [0.25, 0.3) is 0 Å². The average molecular weight is 278 g/mol. The van der Waals surface area contributed by atoms with Crippen molar-refractivity contribution in [3.63, 3.8) is 0 Å². The molecule has 1 heterocycles. The van der Waals surface area contributed by atoms with Gasteiger partial charge in [-0.05, 0) is 18.1 Å². The van der Waals surface area contributed by atoms with Crippen LogP contribution in [0.3, 0.4) is 0 Å². The van der Waals surface area contributed by atoms with Gasteiger partial charge in [0.15, 0.2) is 0 Å². The molecule has 0 bridgehead atoms. The number of carbonyl (C=O) groups is 4. The molecule has 1 aromatic carbocycles. The van der Waals surface area contributed by atoms with Crippen molar-refractivity contribution in [1.29, 1.82) is 0 Å². The molecule has 104 valence electrons. The van der Waals surface area contributed by atoms with Gasteiger partial charge in [0.1, 0.15) is 0 Å². The van der Waals surface area contributed by atoms with Crippen molar-refractivity contribution in [1.82, 2.24) is 0 Å². The van der Waals surface area contributed by atoms with Crippen molar-refractivity contribution in [2.75, 3.05) is 0 Å². The highest BCUT2D eigenvalue weighted by Crippen LogP contribution is 2.31. The predicted molar refractivity (Wildman–Crippen MR) is 63.4 cm³/mol. The van der Waals surface area contributed by atoms with E-state index < -0.39 is 40.9 Å². The molecule has 2 rings (SSSR count). The zero-order valence-electron chi connectivity index (χ0n) is 10.2. The first kappa shape index (κ1) is 13.7. The van der Waals surface area contributed by atoms with Crippen LogP contribution in [0.5, 0.6) is 0 Å². The van der Waals surface area contributed by atoms with Crippen molar-refractivity contribution in [2.45, 2.75) is 18.8 Å². The van der Waals surface area contributed by atoms with E-state index in [0.29, 0.717) is 0 Å². The Bertz CT molecular complexity index is 617. The maximum absolute atomic E-state index is 11.7. The Hall–Kier alpha value is -2.70. The second-order valence-electron chi connectivity index (χ2n) is 4.26. The zero-order valence-corrected chi connectivity index (χ0v) is 10.2. The fourth-order valence-corrected chi connectivity index (χ4v) is 2.17. The van der Waals surface area contributed by atoms with E-state index in [1.54, 1.807) is 0 Å². The predicted octanol–water partition coefficient (Wildman–Crippen LogP) is 1.03. The van der Waals surface area contributed by atoms with Gasteiger partial charge < -0.3 is 14.9 Å². The number of rotatable bonds is 3. The van der Waals surface area contributed by atoms with E-state index in [9.17, 15) is 24.3 Å². The van der Waals surface area contributed by atoms with Crippen LogP contribution in [-0.4, -0.2) is 34.1 Å². The summed E-state index contributed by atoms with van der Waals surface area (Å²) >= 11 is 0. The van der Waals surface area contributed by atoms with Crippen LogP contribution >= 0.6 is 0 Å². The monoisotopic (exact) mass is 278 g/mol. The van der Waals surface area contributed by atoms with Crippen molar-refractivity contribution in [2.24, 2.45) is 0 Å². The Morgan fingerprint density at radius 3 is 2.40 bits per heavy atom. The molecular weight excluding hydrogens is 268 g/mol. The number of carboxylic acid groups (broad SMARTS) is 2. The molecule has 1 fully saturated rings. The SMILES string of the molecule is O=C1CCC(c2cccc(C(=O)O)c2C(=O)O)C(=O)O1. The van der Waals surface area contributed by atoms with Gasteiger partial charge in [-0.15, -0.1) is 0 Å². The number of carboxylic acids is 2. The third-order valence-electron chi connectivity index (χ3n) is 3.05. The van der Waals surface area contributed by atoms with Gasteiger partial charge in [-0.1, -0.05) is 12.1 Å². The molecule has 1 aliphatic rings. The summed E-state index contributed by atoms with van der Waals surface area (Å²) in [5, 5.41) is 18.2. The first-order valence-electron chi connectivity index (χ1n) is 5.76. The lowest BCUT2D eigenvalue weighted by Crippen LogP contribution is -2.28. The van der Waals surface area contributed by atoms with Crippen LogP contribution < -0.4 is 0 Å². The molecule has 20 heavy (non-hydrogen) atoms. The van der Waals surface area contributed by atoms with E-state index in [0.717, 1.165) is 6.07 Å². The lowest BCUT2D eigenvalue weighted by atomic mass is 9.87. The van der Waals surface area contributed by atoms with Crippen LogP contribution in [0.4, 0.5) is 0 Å². The van der Waals surface area contributed by atoms with Gasteiger partial charge in [-0.2, -0.15) is 0 Å². The van der Waals surface area contributed by atoms with Crippen LogP contribution in [0.25, 0.3) is 0 Å². The number of hydrogen-bond donors (Lipinski definition) is 2. The number of hydrogen-bond acceptors (Lipinski definition) is 5. The molecule has 0 amide bonds. The summed E-state index contributed by atoms with van der Waals surface area (Å²) in [6.45, 7) is 0. The highest BCUT2D eigenvalue weighted by molar-refractivity contribution is 6.04. The van der Waals surface area contributed by atoms with Gasteiger partial charge in [0.05, 0.1) is 17.0 Å². The van der Waals surface area contributed by atoms with Crippen LogP contribution in [0.2, 0.25) is 0 Å². The molecule has 0 spiro atoms.